The van der Waals surface area contributed by atoms with Crippen molar-refractivity contribution in [2.24, 2.45) is 5.92 Å². The number of halogens is 1. The number of benzene rings is 2. The van der Waals surface area contributed by atoms with Crippen LogP contribution in [0.4, 0.5) is 5.95 Å². The Labute approximate surface area is 174 Å². The van der Waals surface area contributed by atoms with Crippen molar-refractivity contribution < 1.29 is 4.79 Å². The van der Waals surface area contributed by atoms with Crippen LogP contribution in [0.3, 0.4) is 0 Å². The average Bonchev–Trinajstić information content (AvgIpc) is 3.33. The summed E-state index contributed by atoms with van der Waals surface area (Å²) in [5, 5.41) is 0.703. The highest BCUT2D eigenvalue weighted by molar-refractivity contribution is 6.30. The molecule has 0 saturated carbocycles. The Kier molecular flexibility index (Phi) is 4.52. The number of amides is 1. The highest BCUT2D eigenvalue weighted by Crippen LogP contribution is 2.32. The molecule has 1 atom stereocenters. The van der Waals surface area contributed by atoms with Crippen molar-refractivity contribution in [2.75, 3.05) is 24.5 Å². The molecule has 0 bridgehead atoms. The van der Waals surface area contributed by atoms with Crippen molar-refractivity contribution in [1.29, 1.82) is 0 Å². The molecule has 5 rings (SSSR count). The van der Waals surface area contributed by atoms with Crippen LogP contribution < -0.4 is 4.90 Å². The Morgan fingerprint density at radius 3 is 2.48 bits per heavy atom. The van der Waals surface area contributed by atoms with Gasteiger partial charge in [-0.15, -0.1) is 0 Å². The van der Waals surface area contributed by atoms with E-state index in [-0.39, 0.29) is 5.91 Å². The summed E-state index contributed by atoms with van der Waals surface area (Å²) in [6.45, 7) is 2.20. The standard InChI is InChI=1S/C23H19ClN4O/c24-21-4-1-3-18(11-21)16-5-7-17(8-6-16)22(29)27-12-19-14-28(15-20(19)13-27)23-25-9-2-10-26-23/h1-11,14,20H,12-13,15H2. The van der Waals surface area contributed by atoms with E-state index in [4.69, 9.17) is 11.6 Å². The predicted octanol–water partition coefficient (Wildman–Crippen LogP) is 4.27. The minimum absolute atomic E-state index is 0.0699. The van der Waals surface area contributed by atoms with Gasteiger partial charge in [0.1, 0.15) is 0 Å². The number of anilines is 1. The molecule has 1 fully saturated rings. The number of carbonyl (C=O) groups is 1. The molecule has 3 heterocycles. The number of fused-ring (bicyclic) bond motifs is 1. The number of aromatic nitrogens is 2. The summed E-state index contributed by atoms with van der Waals surface area (Å²) in [6, 6.07) is 17.3. The van der Waals surface area contributed by atoms with Crippen molar-refractivity contribution >= 4 is 23.5 Å². The first-order valence-corrected chi connectivity index (χ1v) is 9.95. The van der Waals surface area contributed by atoms with Crippen molar-refractivity contribution in [3.8, 4) is 11.1 Å². The highest BCUT2D eigenvalue weighted by Gasteiger charge is 2.36. The molecule has 2 aromatic carbocycles. The first kappa shape index (κ1) is 17.9. The molecule has 1 amide bonds. The van der Waals surface area contributed by atoms with Crippen LogP contribution in [-0.4, -0.2) is 40.4 Å². The third-order valence-corrected chi connectivity index (χ3v) is 5.70. The van der Waals surface area contributed by atoms with E-state index >= 15 is 0 Å². The van der Waals surface area contributed by atoms with E-state index in [2.05, 4.69) is 21.1 Å². The van der Waals surface area contributed by atoms with Crippen LogP contribution in [0.2, 0.25) is 5.02 Å². The van der Waals surface area contributed by atoms with Crippen LogP contribution in [-0.2, 0) is 0 Å². The van der Waals surface area contributed by atoms with Gasteiger partial charge in [-0.05, 0) is 47.0 Å². The summed E-state index contributed by atoms with van der Waals surface area (Å²) < 4.78 is 0. The zero-order valence-corrected chi connectivity index (χ0v) is 16.5. The third kappa shape index (κ3) is 3.49. The van der Waals surface area contributed by atoms with Gasteiger partial charge in [-0.25, -0.2) is 9.97 Å². The van der Waals surface area contributed by atoms with Crippen LogP contribution in [0, 0.1) is 5.92 Å². The van der Waals surface area contributed by atoms with Gasteiger partial charge in [0.05, 0.1) is 0 Å². The van der Waals surface area contributed by atoms with Gasteiger partial charge in [0.2, 0.25) is 5.95 Å². The van der Waals surface area contributed by atoms with E-state index in [0.29, 0.717) is 29.0 Å². The van der Waals surface area contributed by atoms with Crippen molar-refractivity contribution in [3.05, 3.63) is 89.4 Å². The number of rotatable bonds is 3. The molecule has 0 spiro atoms. The minimum Gasteiger partial charge on any atom is -0.334 e. The summed E-state index contributed by atoms with van der Waals surface area (Å²) in [5.74, 6) is 1.12. The second-order valence-corrected chi connectivity index (χ2v) is 7.81. The maximum Gasteiger partial charge on any atom is 0.254 e. The lowest BCUT2D eigenvalue weighted by atomic mass is 10.0. The van der Waals surface area contributed by atoms with Gasteiger partial charge in [-0.1, -0.05) is 35.9 Å². The molecule has 3 aromatic rings. The zero-order chi connectivity index (χ0) is 19.8. The Bertz CT molecular complexity index is 1080. The van der Waals surface area contributed by atoms with E-state index in [1.807, 2.05) is 59.5 Å². The van der Waals surface area contributed by atoms with Crippen molar-refractivity contribution in [2.45, 2.75) is 0 Å². The van der Waals surface area contributed by atoms with Crippen molar-refractivity contribution in [1.82, 2.24) is 14.9 Å². The molecule has 29 heavy (non-hydrogen) atoms. The second kappa shape index (κ2) is 7.33. The summed E-state index contributed by atoms with van der Waals surface area (Å²) in [6.07, 6.45) is 5.59. The fourth-order valence-corrected chi connectivity index (χ4v) is 4.19. The first-order chi connectivity index (χ1) is 14.2. The maximum absolute atomic E-state index is 13.0. The summed E-state index contributed by atoms with van der Waals surface area (Å²) in [5.41, 5.74) is 4.06. The van der Waals surface area contributed by atoms with Crippen molar-refractivity contribution in [3.63, 3.8) is 0 Å². The Morgan fingerprint density at radius 2 is 1.76 bits per heavy atom. The number of hydrogen-bond acceptors (Lipinski definition) is 4. The zero-order valence-electron chi connectivity index (χ0n) is 15.7. The topological polar surface area (TPSA) is 49.3 Å². The molecular formula is C23H19ClN4O. The van der Waals surface area contributed by atoms with Crippen LogP contribution in [0.15, 0.2) is 78.8 Å². The average molecular weight is 403 g/mol. The lowest BCUT2D eigenvalue weighted by Gasteiger charge is -2.19. The van der Waals surface area contributed by atoms with Gasteiger partial charge in [0.15, 0.2) is 0 Å². The molecule has 6 heteroatoms. The molecule has 1 saturated heterocycles. The van der Waals surface area contributed by atoms with Gasteiger partial charge in [-0.2, -0.15) is 0 Å². The molecule has 144 valence electrons. The number of hydrogen-bond donors (Lipinski definition) is 0. The van der Waals surface area contributed by atoms with Crippen LogP contribution in [0.5, 0.6) is 0 Å². The van der Waals surface area contributed by atoms with E-state index in [0.717, 1.165) is 24.2 Å². The molecule has 5 nitrogen and oxygen atoms in total. The normalized spacial score (nSPS) is 18.0. The lowest BCUT2D eigenvalue weighted by Crippen LogP contribution is -2.31. The van der Waals surface area contributed by atoms with E-state index in [1.165, 1.54) is 5.57 Å². The van der Waals surface area contributed by atoms with Gasteiger partial charge >= 0.3 is 0 Å². The molecule has 0 aliphatic carbocycles. The number of likely N-dealkylation sites (tertiary alicyclic amines) is 1. The lowest BCUT2D eigenvalue weighted by molar-refractivity contribution is 0.0789. The Balaban J connectivity index is 1.29. The molecular weight excluding hydrogens is 384 g/mol. The van der Waals surface area contributed by atoms with Gasteiger partial charge in [0.25, 0.3) is 5.91 Å². The molecule has 0 N–H and O–H groups in total. The largest absolute Gasteiger partial charge is 0.334 e. The van der Waals surface area contributed by atoms with E-state index in [1.54, 1.807) is 12.4 Å². The second-order valence-electron chi connectivity index (χ2n) is 7.38. The Hall–Kier alpha value is -3.18. The molecule has 1 aromatic heterocycles. The minimum atomic E-state index is 0.0699. The molecule has 2 aliphatic rings. The number of carbonyl (C=O) groups excluding carboxylic acids is 1. The van der Waals surface area contributed by atoms with Gasteiger partial charge in [0, 0.05) is 54.7 Å². The summed E-state index contributed by atoms with van der Waals surface area (Å²) in [4.78, 5) is 25.6. The number of nitrogens with zero attached hydrogens (tertiary/aromatic N) is 4. The monoisotopic (exact) mass is 402 g/mol. The van der Waals surface area contributed by atoms with Crippen LogP contribution >= 0.6 is 11.6 Å². The smallest absolute Gasteiger partial charge is 0.254 e. The maximum atomic E-state index is 13.0. The molecule has 2 aliphatic heterocycles. The quantitative estimate of drug-likeness (QED) is 0.656. The fraction of sp³-hybridized carbons (Fsp3) is 0.174. The summed E-state index contributed by atoms with van der Waals surface area (Å²) >= 11 is 6.08. The SMILES string of the molecule is O=C(c1ccc(-c2cccc(Cl)c2)cc1)N1CC2=CN(c3ncccn3)CC2C1. The Morgan fingerprint density at radius 1 is 0.966 bits per heavy atom. The highest BCUT2D eigenvalue weighted by atomic mass is 35.5. The summed E-state index contributed by atoms with van der Waals surface area (Å²) in [7, 11) is 0. The van der Waals surface area contributed by atoms with Gasteiger partial charge in [-0.3, -0.25) is 4.79 Å². The third-order valence-electron chi connectivity index (χ3n) is 5.46. The van der Waals surface area contributed by atoms with E-state index < -0.39 is 0 Å². The predicted molar refractivity (Wildman–Crippen MR) is 114 cm³/mol. The fourth-order valence-electron chi connectivity index (χ4n) is 4.00. The molecule has 0 radical (unpaired) electrons. The van der Waals surface area contributed by atoms with Gasteiger partial charge < -0.3 is 9.80 Å². The molecule has 1 unspecified atom stereocenters. The first-order valence-electron chi connectivity index (χ1n) is 9.57. The van der Waals surface area contributed by atoms with Crippen LogP contribution in [0.25, 0.3) is 11.1 Å². The van der Waals surface area contributed by atoms with Crippen LogP contribution in [0.1, 0.15) is 10.4 Å². The van der Waals surface area contributed by atoms with E-state index in [9.17, 15) is 4.79 Å².